The van der Waals surface area contributed by atoms with E-state index in [1.54, 1.807) is 12.5 Å². The molecule has 0 aromatic carbocycles. The summed E-state index contributed by atoms with van der Waals surface area (Å²) in [6, 6.07) is 0. The number of imidazole rings is 1. The molecular formula is C9H8BrClN7+. The molecule has 3 aromatic rings. The highest BCUT2D eigenvalue weighted by Gasteiger charge is 2.14. The quantitative estimate of drug-likeness (QED) is 0.635. The molecule has 0 bridgehead atoms. The Morgan fingerprint density at radius 2 is 2.33 bits per heavy atom. The Morgan fingerprint density at radius 3 is 3.11 bits per heavy atom. The van der Waals surface area contributed by atoms with E-state index >= 15 is 0 Å². The van der Waals surface area contributed by atoms with Crippen LogP contribution in [0.25, 0.3) is 11.2 Å². The summed E-state index contributed by atoms with van der Waals surface area (Å²) in [5.41, 5.74) is 2.35. The van der Waals surface area contributed by atoms with Crippen molar-refractivity contribution in [1.29, 1.82) is 0 Å². The van der Waals surface area contributed by atoms with Gasteiger partial charge in [0.05, 0.1) is 22.9 Å². The maximum absolute atomic E-state index is 5.85. The van der Waals surface area contributed by atoms with Gasteiger partial charge < -0.3 is 5.32 Å². The van der Waals surface area contributed by atoms with Gasteiger partial charge in [-0.2, -0.15) is 10.1 Å². The number of hydrogen-bond acceptors (Lipinski definition) is 4. The first-order valence-electron chi connectivity index (χ1n) is 5.08. The summed E-state index contributed by atoms with van der Waals surface area (Å²) in [5.74, 6) is 0.632. The highest BCUT2D eigenvalue weighted by molar-refractivity contribution is 9.10. The zero-order valence-electron chi connectivity index (χ0n) is 8.96. The Morgan fingerprint density at radius 1 is 1.44 bits per heavy atom. The van der Waals surface area contributed by atoms with Crippen molar-refractivity contribution in [3.8, 4) is 0 Å². The van der Waals surface area contributed by atoms with Crippen LogP contribution in [0.2, 0.25) is 5.28 Å². The predicted octanol–water partition coefficient (Wildman–Crippen LogP) is 1.52. The number of nitrogens with one attached hydrogen (secondary N) is 4. The summed E-state index contributed by atoms with van der Waals surface area (Å²) in [4.78, 5) is 14.2. The van der Waals surface area contributed by atoms with E-state index in [0.717, 1.165) is 15.7 Å². The first kappa shape index (κ1) is 11.4. The van der Waals surface area contributed by atoms with Gasteiger partial charge in [0.2, 0.25) is 5.52 Å². The maximum atomic E-state index is 5.85. The third kappa shape index (κ3) is 2.04. The molecule has 3 heterocycles. The van der Waals surface area contributed by atoms with Crippen LogP contribution in [-0.2, 0) is 6.54 Å². The lowest BCUT2D eigenvalue weighted by Gasteiger charge is -2.03. The van der Waals surface area contributed by atoms with E-state index in [4.69, 9.17) is 11.6 Å². The van der Waals surface area contributed by atoms with Gasteiger partial charge in [-0.05, 0) is 27.5 Å². The number of anilines is 1. The minimum atomic E-state index is 0.185. The second kappa shape index (κ2) is 4.54. The molecule has 0 atom stereocenters. The molecule has 0 unspecified atom stereocenters. The van der Waals surface area contributed by atoms with Crippen LogP contribution in [0.5, 0.6) is 0 Å². The van der Waals surface area contributed by atoms with Gasteiger partial charge in [-0.1, -0.05) is 4.98 Å². The summed E-state index contributed by atoms with van der Waals surface area (Å²) >= 11 is 9.24. The van der Waals surface area contributed by atoms with Gasteiger partial charge in [-0.15, -0.1) is 0 Å². The molecule has 0 amide bonds. The highest BCUT2D eigenvalue weighted by atomic mass is 79.9. The number of aromatic amines is 3. The van der Waals surface area contributed by atoms with E-state index in [-0.39, 0.29) is 5.28 Å². The van der Waals surface area contributed by atoms with Crippen LogP contribution in [0.3, 0.4) is 0 Å². The number of fused-ring (bicyclic) bond motifs is 1. The predicted molar refractivity (Wildman–Crippen MR) is 69.1 cm³/mol. The molecule has 0 aliphatic heterocycles. The molecule has 0 aliphatic carbocycles. The molecule has 9 heteroatoms. The van der Waals surface area contributed by atoms with Crippen molar-refractivity contribution in [2.45, 2.75) is 6.54 Å². The molecule has 0 fully saturated rings. The van der Waals surface area contributed by atoms with Gasteiger partial charge in [-0.25, -0.2) is 4.98 Å². The second-order valence-electron chi connectivity index (χ2n) is 3.55. The molecule has 18 heavy (non-hydrogen) atoms. The molecule has 0 saturated carbocycles. The zero-order valence-corrected chi connectivity index (χ0v) is 11.3. The summed E-state index contributed by atoms with van der Waals surface area (Å²) in [6.45, 7) is 0.544. The molecule has 3 rings (SSSR count). The molecule has 0 aliphatic rings. The number of H-pyrrole nitrogens is 3. The number of halogens is 2. The topological polar surface area (TPSA) is 96.4 Å². The fourth-order valence-corrected chi connectivity index (χ4v) is 2.07. The van der Waals surface area contributed by atoms with Crippen molar-refractivity contribution >= 4 is 44.5 Å². The number of hydrogen-bond donors (Lipinski definition) is 3. The molecule has 0 saturated heterocycles. The second-order valence-corrected chi connectivity index (χ2v) is 4.74. The maximum Gasteiger partial charge on any atom is 0.306 e. The van der Waals surface area contributed by atoms with Gasteiger partial charge in [-0.3, -0.25) is 10.1 Å². The van der Waals surface area contributed by atoms with Gasteiger partial charge in [0, 0.05) is 0 Å². The van der Waals surface area contributed by atoms with Crippen molar-refractivity contribution in [3.63, 3.8) is 0 Å². The van der Waals surface area contributed by atoms with Gasteiger partial charge >= 0.3 is 10.9 Å². The van der Waals surface area contributed by atoms with Crippen LogP contribution >= 0.6 is 27.5 Å². The van der Waals surface area contributed by atoms with Gasteiger partial charge in [0.15, 0.2) is 12.1 Å². The number of rotatable bonds is 3. The average Bonchev–Trinajstić information content (AvgIpc) is 2.94. The van der Waals surface area contributed by atoms with Crippen molar-refractivity contribution in [3.05, 3.63) is 28.0 Å². The molecule has 3 aromatic heterocycles. The number of nitrogens with zero attached hydrogens (tertiary/aromatic N) is 3. The van der Waals surface area contributed by atoms with E-state index in [0.29, 0.717) is 18.0 Å². The fourth-order valence-electron chi connectivity index (χ4n) is 1.57. The van der Waals surface area contributed by atoms with Gasteiger partial charge in [0.25, 0.3) is 0 Å². The van der Waals surface area contributed by atoms with Crippen LogP contribution in [0, 0.1) is 0 Å². The van der Waals surface area contributed by atoms with E-state index < -0.39 is 0 Å². The first-order chi connectivity index (χ1) is 8.74. The van der Waals surface area contributed by atoms with Crippen LogP contribution < -0.4 is 10.3 Å². The lowest BCUT2D eigenvalue weighted by Crippen LogP contribution is -2.05. The van der Waals surface area contributed by atoms with E-state index in [9.17, 15) is 0 Å². The normalized spacial score (nSPS) is 11.0. The monoisotopic (exact) mass is 328 g/mol. The Hall–Kier alpha value is -1.67. The van der Waals surface area contributed by atoms with Crippen molar-refractivity contribution in [2.24, 2.45) is 0 Å². The van der Waals surface area contributed by atoms with Crippen LogP contribution in [0.1, 0.15) is 5.69 Å². The molecule has 0 radical (unpaired) electrons. The Kier molecular flexibility index (Phi) is 2.88. The molecular weight excluding hydrogens is 322 g/mol. The summed E-state index contributed by atoms with van der Waals surface area (Å²) in [6.07, 6.45) is 3.37. The summed E-state index contributed by atoms with van der Waals surface area (Å²) in [7, 11) is 0. The molecule has 7 nitrogen and oxygen atoms in total. The first-order valence-corrected chi connectivity index (χ1v) is 6.25. The van der Waals surface area contributed by atoms with Crippen LogP contribution in [0.4, 0.5) is 5.82 Å². The minimum absolute atomic E-state index is 0.185. The molecule has 0 spiro atoms. The third-order valence-corrected chi connectivity index (χ3v) is 3.26. The number of aromatic nitrogens is 6. The Labute approximate surface area is 115 Å². The standard InChI is InChI=1S/C9H7BrClN7/c10-4-1-15-18-5(4)2-12-7-6-8(14-3-13-6)17-9(11)16-7/h1,3H,2H2,(H,15,18)(H2,12,13,14,16,17)/p+1. The van der Waals surface area contributed by atoms with Crippen molar-refractivity contribution in [1.82, 2.24) is 25.1 Å². The lowest BCUT2D eigenvalue weighted by atomic mass is 10.4. The van der Waals surface area contributed by atoms with Crippen LogP contribution in [0.15, 0.2) is 17.0 Å². The zero-order chi connectivity index (χ0) is 12.5. The van der Waals surface area contributed by atoms with E-state index in [1.807, 2.05) is 0 Å². The van der Waals surface area contributed by atoms with E-state index in [1.165, 1.54) is 0 Å². The minimum Gasteiger partial charge on any atom is -0.361 e. The largest absolute Gasteiger partial charge is 0.361 e. The van der Waals surface area contributed by atoms with Crippen LogP contribution in [-0.4, -0.2) is 25.1 Å². The van der Waals surface area contributed by atoms with Crippen molar-refractivity contribution in [2.75, 3.05) is 5.32 Å². The SMILES string of the molecule is Clc1nc(NCc2[nH]ncc2Br)c2[nH]c[nH+]c2n1. The average molecular weight is 330 g/mol. The summed E-state index contributed by atoms with van der Waals surface area (Å²) < 4.78 is 0.907. The molecule has 4 N–H and O–H groups in total. The van der Waals surface area contributed by atoms with Gasteiger partial charge in [0.1, 0.15) is 0 Å². The van der Waals surface area contributed by atoms with E-state index in [2.05, 4.69) is 51.4 Å². The third-order valence-electron chi connectivity index (χ3n) is 2.41. The summed E-state index contributed by atoms with van der Waals surface area (Å²) in [5, 5.41) is 10.2. The lowest BCUT2D eigenvalue weighted by molar-refractivity contribution is -0.347. The smallest absolute Gasteiger partial charge is 0.306 e. The Balaban J connectivity index is 1.90. The molecule has 92 valence electrons. The Bertz CT molecular complexity index is 691. The van der Waals surface area contributed by atoms with Crippen molar-refractivity contribution < 1.29 is 4.98 Å². The highest BCUT2D eigenvalue weighted by Crippen LogP contribution is 2.19. The fraction of sp³-hybridized carbons (Fsp3) is 0.111.